The summed E-state index contributed by atoms with van der Waals surface area (Å²) in [6.45, 7) is 0. The average molecular weight is 262 g/mol. The smallest absolute Gasteiger partial charge is 0.129 e. The molecule has 0 spiro atoms. The number of aromatic nitrogens is 1. The first kappa shape index (κ1) is 9.30. The summed E-state index contributed by atoms with van der Waals surface area (Å²) < 4.78 is 11.7. The molecule has 70 valence electrons. The van der Waals surface area contributed by atoms with E-state index in [4.69, 9.17) is 0 Å². The minimum absolute atomic E-state index is 0.307. The van der Waals surface area contributed by atoms with Crippen molar-refractivity contribution in [3.05, 3.63) is 28.5 Å². The standard InChI is InChI=1S/C8H8BrNO2S/c9-6-1-2-7(10-3-6)8(11)4-13(12)5-8/h1-3,11H,4-5H2. The number of halogens is 1. The predicted molar refractivity (Wildman–Crippen MR) is 53.7 cm³/mol. The monoisotopic (exact) mass is 261 g/mol. The highest BCUT2D eigenvalue weighted by atomic mass is 79.9. The molecule has 0 unspecified atom stereocenters. The van der Waals surface area contributed by atoms with Crippen LogP contribution >= 0.6 is 15.9 Å². The fraction of sp³-hybridized carbons (Fsp3) is 0.375. The predicted octanol–water partition coefficient (Wildman–Crippen LogP) is 0.794. The summed E-state index contributed by atoms with van der Waals surface area (Å²) >= 11 is 3.26. The topological polar surface area (TPSA) is 50.2 Å². The molecule has 0 aromatic carbocycles. The van der Waals surface area contributed by atoms with Gasteiger partial charge in [0.15, 0.2) is 0 Å². The van der Waals surface area contributed by atoms with E-state index in [9.17, 15) is 9.32 Å². The Morgan fingerprint density at radius 3 is 2.69 bits per heavy atom. The Balaban J connectivity index is 2.26. The van der Waals surface area contributed by atoms with Crippen LogP contribution in [0.2, 0.25) is 0 Å². The van der Waals surface area contributed by atoms with Gasteiger partial charge >= 0.3 is 0 Å². The zero-order chi connectivity index (χ0) is 9.47. The summed E-state index contributed by atoms with van der Waals surface area (Å²) in [6, 6.07) is 3.57. The van der Waals surface area contributed by atoms with E-state index in [0.29, 0.717) is 17.2 Å². The molecule has 1 aliphatic rings. The molecule has 1 saturated heterocycles. The molecular weight excluding hydrogens is 254 g/mol. The van der Waals surface area contributed by atoms with E-state index < -0.39 is 16.4 Å². The molecule has 3 nitrogen and oxygen atoms in total. The number of aliphatic hydroxyl groups is 1. The second-order valence-electron chi connectivity index (χ2n) is 3.12. The molecule has 1 fully saturated rings. The molecule has 1 aromatic rings. The van der Waals surface area contributed by atoms with E-state index in [1.54, 1.807) is 12.3 Å². The highest BCUT2D eigenvalue weighted by Gasteiger charge is 2.43. The Morgan fingerprint density at radius 1 is 1.54 bits per heavy atom. The van der Waals surface area contributed by atoms with Crippen LogP contribution in [0.15, 0.2) is 22.8 Å². The highest BCUT2D eigenvalue weighted by molar-refractivity contribution is 9.10. The van der Waals surface area contributed by atoms with Crippen molar-refractivity contribution in [2.75, 3.05) is 11.5 Å². The van der Waals surface area contributed by atoms with Crippen molar-refractivity contribution in [2.45, 2.75) is 5.60 Å². The quantitative estimate of drug-likeness (QED) is 0.814. The van der Waals surface area contributed by atoms with Gasteiger partial charge in [-0.3, -0.25) is 9.19 Å². The molecule has 1 aliphatic heterocycles. The third-order valence-electron chi connectivity index (χ3n) is 2.00. The van der Waals surface area contributed by atoms with Gasteiger partial charge in [-0.15, -0.1) is 0 Å². The Hall–Kier alpha value is -0.260. The molecule has 0 bridgehead atoms. The van der Waals surface area contributed by atoms with Crippen LogP contribution in [0.3, 0.4) is 0 Å². The van der Waals surface area contributed by atoms with E-state index >= 15 is 0 Å². The van der Waals surface area contributed by atoms with Crippen LogP contribution in [0.5, 0.6) is 0 Å². The van der Waals surface area contributed by atoms with Crippen LogP contribution < -0.4 is 0 Å². The number of nitrogens with zero attached hydrogens (tertiary/aromatic N) is 1. The zero-order valence-corrected chi connectivity index (χ0v) is 9.14. The molecule has 2 heterocycles. The fourth-order valence-corrected chi connectivity index (χ4v) is 2.80. The minimum atomic E-state index is -0.953. The maximum absolute atomic E-state index is 10.9. The van der Waals surface area contributed by atoms with Crippen LogP contribution in [-0.4, -0.2) is 25.8 Å². The summed E-state index contributed by atoms with van der Waals surface area (Å²) in [5.74, 6) is 0.614. The lowest BCUT2D eigenvalue weighted by Crippen LogP contribution is -2.49. The fourth-order valence-electron chi connectivity index (χ4n) is 1.29. The van der Waals surface area contributed by atoms with Crippen molar-refractivity contribution in [2.24, 2.45) is 0 Å². The largest absolute Gasteiger partial charge is 0.382 e. The lowest BCUT2D eigenvalue weighted by molar-refractivity contribution is 0.0682. The number of rotatable bonds is 1. The average Bonchev–Trinajstić information content (AvgIpc) is 2.03. The van der Waals surface area contributed by atoms with Gasteiger partial charge in [0, 0.05) is 21.5 Å². The van der Waals surface area contributed by atoms with Crippen LogP contribution in [0.1, 0.15) is 5.69 Å². The summed E-state index contributed by atoms with van der Waals surface area (Å²) in [4.78, 5) is 4.08. The lowest BCUT2D eigenvalue weighted by Gasteiger charge is -2.34. The molecular formula is C8H8BrNO2S. The van der Waals surface area contributed by atoms with Gasteiger partial charge in [0.1, 0.15) is 5.60 Å². The highest BCUT2D eigenvalue weighted by Crippen LogP contribution is 2.30. The Labute approximate surface area is 86.8 Å². The van der Waals surface area contributed by atoms with E-state index in [-0.39, 0.29) is 0 Å². The first-order valence-corrected chi connectivity index (χ1v) is 6.08. The minimum Gasteiger partial charge on any atom is -0.382 e. The van der Waals surface area contributed by atoms with Crippen molar-refractivity contribution in [1.82, 2.24) is 4.98 Å². The number of hydrogen-bond acceptors (Lipinski definition) is 3. The summed E-state index contributed by atoms with van der Waals surface area (Å²) in [6.07, 6.45) is 1.63. The van der Waals surface area contributed by atoms with Gasteiger partial charge < -0.3 is 5.11 Å². The molecule has 0 aliphatic carbocycles. The van der Waals surface area contributed by atoms with E-state index in [1.165, 1.54) is 0 Å². The van der Waals surface area contributed by atoms with Crippen LogP contribution in [-0.2, 0) is 16.4 Å². The molecule has 0 saturated carbocycles. The van der Waals surface area contributed by atoms with Crippen molar-refractivity contribution in [3.63, 3.8) is 0 Å². The van der Waals surface area contributed by atoms with Gasteiger partial charge in [-0.05, 0) is 28.1 Å². The summed E-state index contributed by atoms with van der Waals surface area (Å²) in [5, 5.41) is 9.87. The Bertz CT molecular complexity index is 344. The summed E-state index contributed by atoms with van der Waals surface area (Å²) in [5.41, 5.74) is -0.346. The third-order valence-corrected chi connectivity index (χ3v) is 4.07. The maximum Gasteiger partial charge on any atom is 0.129 e. The molecule has 5 heteroatoms. The van der Waals surface area contributed by atoms with Crippen LogP contribution in [0, 0.1) is 0 Å². The normalized spacial score (nSPS) is 32.6. The Morgan fingerprint density at radius 2 is 2.23 bits per heavy atom. The number of pyridine rings is 1. The van der Waals surface area contributed by atoms with Gasteiger partial charge in [0.2, 0.25) is 0 Å². The first-order chi connectivity index (χ1) is 6.10. The zero-order valence-electron chi connectivity index (χ0n) is 6.74. The molecule has 1 N–H and O–H groups in total. The van der Waals surface area contributed by atoms with Crippen molar-refractivity contribution in [3.8, 4) is 0 Å². The molecule has 13 heavy (non-hydrogen) atoms. The second-order valence-corrected chi connectivity index (χ2v) is 5.49. The second kappa shape index (κ2) is 3.15. The molecule has 0 radical (unpaired) electrons. The van der Waals surface area contributed by atoms with Crippen molar-refractivity contribution >= 4 is 26.7 Å². The van der Waals surface area contributed by atoms with E-state index in [2.05, 4.69) is 20.9 Å². The van der Waals surface area contributed by atoms with E-state index in [0.717, 1.165) is 4.47 Å². The van der Waals surface area contributed by atoms with Crippen LogP contribution in [0.4, 0.5) is 0 Å². The molecule has 2 rings (SSSR count). The molecule has 0 amide bonds. The van der Waals surface area contributed by atoms with Gasteiger partial charge in [0.05, 0.1) is 17.2 Å². The molecule has 0 atom stereocenters. The molecule has 1 aromatic heterocycles. The van der Waals surface area contributed by atoms with Gasteiger partial charge in [0.25, 0.3) is 0 Å². The van der Waals surface area contributed by atoms with E-state index in [1.807, 2.05) is 6.07 Å². The first-order valence-electron chi connectivity index (χ1n) is 3.79. The third kappa shape index (κ3) is 1.68. The number of hydrogen-bond donors (Lipinski definition) is 1. The van der Waals surface area contributed by atoms with Gasteiger partial charge in [-0.25, -0.2) is 0 Å². The van der Waals surface area contributed by atoms with Crippen molar-refractivity contribution in [1.29, 1.82) is 0 Å². The SMILES string of the molecule is O=S1CC(O)(c2ccc(Br)cn2)C1. The van der Waals surface area contributed by atoms with Crippen LogP contribution in [0.25, 0.3) is 0 Å². The van der Waals surface area contributed by atoms with Gasteiger partial charge in [-0.2, -0.15) is 0 Å². The maximum atomic E-state index is 10.9. The van der Waals surface area contributed by atoms with Gasteiger partial charge in [-0.1, -0.05) is 0 Å². The van der Waals surface area contributed by atoms with Crippen molar-refractivity contribution < 1.29 is 9.32 Å². The lowest BCUT2D eigenvalue weighted by atomic mass is 10.0. The Kier molecular flexibility index (Phi) is 2.25. The summed E-state index contributed by atoms with van der Waals surface area (Å²) in [7, 11) is -0.869.